The van der Waals surface area contributed by atoms with Gasteiger partial charge in [-0.2, -0.15) is 0 Å². The van der Waals surface area contributed by atoms with E-state index in [2.05, 4.69) is 0 Å². The van der Waals surface area contributed by atoms with Crippen LogP contribution < -0.4 is 34.7 Å². The van der Waals surface area contributed by atoms with E-state index in [9.17, 15) is 9.90 Å². The van der Waals surface area contributed by atoms with E-state index in [0.29, 0.717) is 0 Å². The van der Waals surface area contributed by atoms with E-state index in [4.69, 9.17) is 0 Å². The number of carboxylic acid groups (broad SMARTS) is 1. The summed E-state index contributed by atoms with van der Waals surface area (Å²) in [5.74, 6) is -1.17. The molecule has 0 aliphatic rings. The molecule has 0 radical (unpaired) electrons. The molecule has 0 aliphatic heterocycles. The van der Waals surface area contributed by atoms with Crippen LogP contribution in [0.1, 0.15) is 19.4 Å². The van der Waals surface area contributed by atoms with Crippen molar-refractivity contribution in [3.05, 3.63) is 42.0 Å². The fraction of sp³-hybridized carbons (Fsp3) is 0.182. The van der Waals surface area contributed by atoms with Crippen LogP contribution in [0.5, 0.6) is 0 Å². The summed E-state index contributed by atoms with van der Waals surface area (Å²) in [7, 11) is 0. The molecule has 0 bridgehead atoms. The van der Waals surface area contributed by atoms with E-state index in [-0.39, 0.29) is 29.6 Å². The Morgan fingerprint density at radius 3 is 2.14 bits per heavy atom. The quantitative estimate of drug-likeness (QED) is 0.430. The van der Waals surface area contributed by atoms with Crippen LogP contribution in [0.3, 0.4) is 0 Å². The molecule has 0 saturated heterocycles. The van der Waals surface area contributed by atoms with Crippen LogP contribution in [0.4, 0.5) is 0 Å². The first-order valence-electron chi connectivity index (χ1n) is 4.23. The maximum Gasteiger partial charge on any atom is 1.00 e. The Hall–Kier alpha value is -0.570. The number of carbonyl (C=O) groups excluding carboxylic acids is 1. The van der Waals surface area contributed by atoms with E-state index < -0.39 is 5.97 Å². The van der Waals surface area contributed by atoms with Gasteiger partial charge in [0, 0.05) is 0 Å². The van der Waals surface area contributed by atoms with Crippen LogP contribution in [0.15, 0.2) is 36.4 Å². The Morgan fingerprint density at radius 1 is 1.21 bits per heavy atom. The number of benzene rings is 1. The summed E-state index contributed by atoms with van der Waals surface area (Å²) >= 11 is 0. The molecule has 0 heterocycles. The van der Waals surface area contributed by atoms with Crippen molar-refractivity contribution in [2.24, 2.45) is 0 Å². The van der Waals surface area contributed by atoms with Gasteiger partial charge in [0.15, 0.2) is 0 Å². The molecule has 0 aromatic heterocycles. The molecule has 0 unspecified atom stereocenters. The second kappa shape index (κ2) is 10.5. The van der Waals surface area contributed by atoms with Crippen molar-refractivity contribution >= 4 is 12.0 Å². The van der Waals surface area contributed by atoms with Crippen LogP contribution in [0, 0.1) is 0 Å². The number of aliphatic carboxylic acids is 1. The average Bonchev–Trinajstić information content (AvgIpc) is 2.19. The largest absolute Gasteiger partial charge is 1.00 e. The minimum atomic E-state index is -1.17. The van der Waals surface area contributed by atoms with Crippen LogP contribution in [-0.2, 0) is 4.79 Å². The molecular weight excluding hydrogens is 187 g/mol. The summed E-state index contributed by atoms with van der Waals surface area (Å²) in [6, 6.07) is 9.19. The Labute approximate surface area is 107 Å². The zero-order chi connectivity index (χ0) is 10.1. The van der Waals surface area contributed by atoms with Gasteiger partial charge in [0.1, 0.15) is 0 Å². The average molecular weight is 200 g/mol. The van der Waals surface area contributed by atoms with E-state index in [1.54, 1.807) is 0 Å². The number of hydrogen-bond acceptors (Lipinski definition) is 2. The third-order valence-corrected chi connectivity index (χ3v) is 1.21. The standard InChI is InChI=1S/C9H8O2.C2H6.Na/c10-9(11)7-6-8-4-2-1-3-5-8;1-2;/h1-7H,(H,10,11);1-2H3;/q;;+1/p-1/b7-6+;;. The Bertz CT molecular complexity index is 268. The monoisotopic (exact) mass is 200 g/mol. The molecule has 3 heteroatoms. The van der Waals surface area contributed by atoms with Gasteiger partial charge in [-0.15, -0.1) is 0 Å². The van der Waals surface area contributed by atoms with E-state index in [1.807, 2.05) is 44.2 Å². The topological polar surface area (TPSA) is 40.1 Å². The molecule has 0 amide bonds. The van der Waals surface area contributed by atoms with E-state index in [1.165, 1.54) is 6.08 Å². The molecule has 0 atom stereocenters. The van der Waals surface area contributed by atoms with Gasteiger partial charge in [-0.25, -0.2) is 0 Å². The molecule has 1 rings (SSSR count). The summed E-state index contributed by atoms with van der Waals surface area (Å²) in [6.45, 7) is 4.00. The number of hydrogen-bond donors (Lipinski definition) is 0. The Balaban J connectivity index is 0. The van der Waals surface area contributed by atoms with Gasteiger partial charge >= 0.3 is 29.6 Å². The van der Waals surface area contributed by atoms with Gasteiger partial charge in [0.2, 0.25) is 0 Å². The van der Waals surface area contributed by atoms with Crippen molar-refractivity contribution in [3.63, 3.8) is 0 Å². The Morgan fingerprint density at radius 2 is 1.71 bits per heavy atom. The summed E-state index contributed by atoms with van der Waals surface area (Å²) in [5.41, 5.74) is 0.858. The summed E-state index contributed by atoms with van der Waals surface area (Å²) in [6.07, 6.45) is 2.50. The predicted octanol–water partition coefficient (Wildman–Crippen LogP) is -1.52. The molecule has 14 heavy (non-hydrogen) atoms. The van der Waals surface area contributed by atoms with Gasteiger partial charge in [0.25, 0.3) is 0 Å². The van der Waals surface area contributed by atoms with Crippen molar-refractivity contribution < 1.29 is 39.5 Å². The molecule has 1 aromatic rings. The van der Waals surface area contributed by atoms with Gasteiger partial charge in [-0.3, -0.25) is 0 Å². The minimum absolute atomic E-state index is 0. The molecule has 0 fully saturated rings. The third-order valence-electron chi connectivity index (χ3n) is 1.21. The predicted molar refractivity (Wildman–Crippen MR) is 51.8 cm³/mol. The van der Waals surface area contributed by atoms with E-state index in [0.717, 1.165) is 11.6 Å². The number of carbonyl (C=O) groups is 1. The first-order valence-corrected chi connectivity index (χ1v) is 4.23. The second-order valence-electron chi connectivity index (χ2n) is 2.06. The van der Waals surface area contributed by atoms with Crippen LogP contribution in [0.2, 0.25) is 0 Å². The smallest absolute Gasteiger partial charge is 0.545 e. The van der Waals surface area contributed by atoms with Crippen molar-refractivity contribution in [2.75, 3.05) is 0 Å². The van der Waals surface area contributed by atoms with Crippen molar-refractivity contribution in [1.29, 1.82) is 0 Å². The van der Waals surface area contributed by atoms with Crippen molar-refractivity contribution in [2.45, 2.75) is 13.8 Å². The SMILES string of the molecule is CC.O=C([O-])/C=C/c1ccccc1.[Na+]. The Kier molecular flexibility index (Phi) is 11.9. The zero-order valence-corrected chi connectivity index (χ0v) is 10.9. The fourth-order valence-electron chi connectivity index (χ4n) is 0.728. The van der Waals surface area contributed by atoms with Crippen molar-refractivity contribution in [3.8, 4) is 0 Å². The fourth-order valence-corrected chi connectivity index (χ4v) is 0.728. The van der Waals surface area contributed by atoms with Gasteiger partial charge in [-0.05, 0) is 11.6 Å². The molecule has 2 nitrogen and oxygen atoms in total. The van der Waals surface area contributed by atoms with Gasteiger partial charge < -0.3 is 9.90 Å². The minimum Gasteiger partial charge on any atom is -0.545 e. The van der Waals surface area contributed by atoms with Crippen LogP contribution in [-0.4, -0.2) is 5.97 Å². The maximum atomic E-state index is 9.97. The molecule has 0 spiro atoms. The first kappa shape index (κ1) is 15.9. The number of carboxylic acids is 1. The van der Waals surface area contributed by atoms with Crippen LogP contribution >= 0.6 is 0 Å². The van der Waals surface area contributed by atoms with E-state index >= 15 is 0 Å². The molecule has 1 aromatic carbocycles. The summed E-state index contributed by atoms with van der Waals surface area (Å²) in [4.78, 5) is 9.97. The molecular formula is C11H13NaO2. The van der Waals surface area contributed by atoms with Gasteiger partial charge in [0.05, 0.1) is 5.97 Å². The normalized spacial score (nSPS) is 8.43. The number of rotatable bonds is 2. The molecule has 0 aliphatic carbocycles. The maximum absolute atomic E-state index is 9.97. The second-order valence-corrected chi connectivity index (χ2v) is 2.06. The molecule has 0 saturated carbocycles. The third kappa shape index (κ3) is 8.05. The summed E-state index contributed by atoms with van der Waals surface area (Å²) in [5, 5.41) is 9.97. The first-order chi connectivity index (χ1) is 6.29. The van der Waals surface area contributed by atoms with Crippen LogP contribution in [0.25, 0.3) is 6.08 Å². The summed E-state index contributed by atoms with van der Waals surface area (Å²) < 4.78 is 0. The van der Waals surface area contributed by atoms with Crippen molar-refractivity contribution in [1.82, 2.24) is 0 Å². The molecule has 70 valence electrons. The van der Waals surface area contributed by atoms with Gasteiger partial charge in [-0.1, -0.05) is 50.3 Å². The zero-order valence-electron chi connectivity index (χ0n) is 8.86. The molecule has 0 N–H and O–H groups in total.